The van der Waals surface area contributed by atoms with Crippen LogP contribution in [0.5, 0.6) is 0 Å². The average Bonchev–Trinajstić information content (AvgIpc) is 2.76. The van der Waals surface area contributed by atoms with Crippen LogP contribution in [0.3, 0.4) is 0 Å². The van der Waals surface area contributed by atoms with Gasteiger partial charge in [0.2, 0.25) is 0 Å². The Hall–Kier alpha value is -2.60. The zero-order chi connectivity index (χ0) is 18.3. The smallest absolute Gasteiger partial charge is 0.0933 e. The number of nitrogens with zero attached hydrogens (tertiary/aromatic N) is 2. The summed E-state index contributed by atoms with van der Waals surface area (Å²) in [5.41, 5.74) is 5.47. The summed E-state index contributed by atoms with van der Waals surface area (Å²) in [6.45, 7) is 3.47. The van der Waals surface area contributed by atoms with Crippen molar-refractivity contribution >= 4 is 0 Å². The highest BCUT2D eigenvalue weighted by Gasteiger charge is 2.15. The van der Waals surface area contributed by atoms with E-state index in [2.05, 4.69) is 28.5 Å². The van der Waals surface area contributed by atoms with Crippen LogP contribution in [0.1, 0.15) is 5.56 Å². The van der Waals surface area contributed by atoms with Gasteiger partial charge in [0.1, 0.15) is 0 Å². The number of hydrogen-bond acceptors (Lipinski definition) is 5. The van der Waals surface area contributed by atoms with Crippen LogP contribution < -0.4 is 5.32 Å². The molecule has 3 heterocycles. The van der Waals surface area contributed by atoms with Crippen molar-refractivity contribution in [2.45, 2.75) is 12.6 Å². The summed E-state index contributed by atoms with van der Waals surface area (Å²) in [5, 5.41) is 3.50. The number of hydrogen-bond donors (Lipinski definition) is 1. The Morgan fingerprint density at radius 1 is 0.963 bits per heavy atom. The standard InChI is InChI=1S/C22H23N3O2/c1-2-4-17(5-3-1)19-12-20(13-24-15-21-16-26-10-11-27-21)22(25-14-19)18-6-8-23-9-7-18/h1-9,12,14,21,24H,10-11,13,15-16H2/t21-/m1/s1. The lowest BCUT2D eigenvalue weighted by molar-refractivity contribution is -0.0864. The average molecular weight is 361 g/mol. The van der Waals surface area contributed by atoms with Crippen LogP contribution in [0.15, 0.2) is 67.1 Å². The number of nitrogens with one attached hydrogen (secondary N) is 1. The molecule has 5 nitrogen and oxygen atoms in total. The van der Waals surface area contributed by atoms with E-state index in [1.807, 2.05) is 36.5 Å². The Morgan fingerprint density at radius 2 is 1.81 bits per heavy atom. The molecular formula is C22H23N3O2. The molecule has 1 fully saturated rings. The Morgan fingerprint density at radius 3 is 2.59 bits per heavy atom. The molecule has 0 amide bonds. The van der Waals surface area contributed by atoms with E-state index in [0.29, 0.717) is 26.4 Å². The summed E-state index contributed by atoms with van der Waals surface area (Å²) in [5.74, 6) is 0. The molecule has 0 unspecified atom stereocenters. The summed E-state index contributed by atoms with van der Waals surface area (Å²) < 4.78 is 11.2. The molecule has 1 N–H and O–H groups in total. The quantitative estimate of drug-likeness (QED) is 0.730. The summed E-state index contributed by atoms with van der Waals surface area (Å²) in [6.07, 6.45) is 5.64. The number of aromatic nitrogens is 2. The Labute approximate surface area is 159 Å². The Balaban J connectivity index is 1.57. The third-order valence-electron chi connectivity index (χ3n) is 4.60. The molecule has 0 radical (unpaired) electrons. The van der Waals surface area contributed by atoms with Crippen molar-refractivity contribution < 1.29 is 9.47 Å². The first kappa shape index (κ1) is 17.8. The lowest BCUT2D eigenvalue weighted by Crippen LogP contribution is -2.37. The van der Waals surface area contributed by atoms with Crippen molar-refractivity contribution in [3.8, 4) is 22.4 Å². The van der Waals surface area contributed by atoms with Crippen LogP contribution in [-0.2, 0) is 16.0 Å². The van der Waals surface area contributed by atoms with Gasteiger partial charge in [-0.05, 0) is 29.3 Å². The lowest BCUT2D eigenvalue weighted by atomic mass is 10.0. The van der Waals surface area contributed by atoms with Crippen LogP contribution in [0.25, 0.3) is 22.4 Å². The van der Waals surface area contributed by atoms with Crippen LogP contribution >= 0.6 is 0 Å². The molecule has 0 aliphatic carbocycles. The second-order valence-electron chi connectivity index (χ2n) is 6.53. The number of pyridine rings is 2. The second kappa shape index (κ2) is 8.86. The summed E-state index contributed by atoms with van der Waals surface area (Å²) in [7, 11) is 0. The van der Waals surface area contributed by atoms with Gasteiger partial charge in [-0.3, -0.25) is 9.97 Å². The van der Waals surface area contributed by atoms with Gasteiger partial charge in [0.05, 0.1) is 31.6 Å². The molecule has 1 aliphatic rings. The van der Waals surface area contributed by atoms with E-state index in [9.17, 15) is 0 Å². The first-order valence-electron chi connectivity index (χ1n) is 9.25. The van der Waals surface area contributed by atoms with Crippen molar-refractivity contribution in [1.29, 1.82) is 0 Å². The topological polar surface area (TPSA) is 56.3 Å². The molecule has 0 spiro atoms. The fourth-order valence-electron chi connectivity index (χ4n) is 3.23. The molecule has 27 heavy (non-hydrogen) atoms. The van der Waals surface area contributed by atoms with E-state index in [4.69, 9.17) is 14.5 Å². The summed E-state index contributed by atoms with van der Waals surface area (Å²) in [6, 6.07) is 16.5. The largest absolute Gasteiger partial charge is 0.376 e. The van der Waals surface area contributed by atoms with Gasteiger partial charge >= 0.3 is 0 Å². The number of rotatable bonds is 6. The maximum absolute atomic E-state index is 5.71. The normalized spacial score (nSPS) is 17.0. The van der Waals surface area contributed by atoms with Gasteiger partial charge in [0.25, 0.3) is 0 Å². The predicted octanol–water partition coefficient (Wildman–Crippen LogP) is 3.32. The zero-order valence-electron chi connectivity index (χ0n) is 15.2. The van der Waals surface area contributed by atoms with Crippen molar-refractivity contribution in [3.05, 3.63) is 72.7 Å². The third-order valence-corrected chi connectivity index (χ3v) is 4.60. The van der Waals surface area contributed by atoms with E-state index >= 15 is 0 Å². The molecule has 1 saturated heterocycles. The van der Waals surface area contributed by atoms with E-state index in [1.165, 1.54) is 0 Å². The van der Waals surface area contributed by atoms with Crippen LogP contribution in [0.4, 0.5) is 0 Å². The highest BCUT2D eigenvalue weighted by Crippen LogP contribution is 2.26. The van der Waals surface area contributed by atoms with E-state index in [0.717, 1.165) is 34.5 Å². The van der Waals surface area contributed by atoms with Gasteiger partial charge in [-0.2, -0.15) is 0 Å². The molecule has 4 rings (SSSR count). The van der Waals surface area contributed by atoms with Gasteiger partial charge < -0.3 is 14.8 Å². The van der Waals surface area contributed by atoms with Crippen molar-refractivity contribution in [3.63, 3.8) is 0 Å². The van der Waals surface area contributed by atoms with Gasteiger partial charge in [-0.15, -0.1) is 0 Å². The summed E-state index contributed by atoms with van der Waals surface area (Å²) in [4.78, 5) is 8.88. The minimum absolute atomic E-state index is 0.105. The first-order valence-corrected chi connectivity index (χ1v) is 9.25. The van der Waals surface area contributed by atoms with Crippen LogP contribution in [0.2, 0.25) is 0 Å². The Kier molecular flexibility index (Phi) is 5.84. The van der Waals surface area contributed by atoms with Crippen LogP contribution in [-0.4, -0.2) is 42.4 Å². The minimum atomic E-state index is 0.105. The molecule has 0 bridgehead atoms. The van der Waals surface area contributed by atoms with Crippen molar-refractivity contribution in [2.75, 3.05) is 26.4 Å². The second-order valence-corrected chi connectivity index (χ2v) is 6.53. The van der Waals surface area contributed by atoms with Gasteiger partial charge in [-0.1, -0.05) is 30.3 Å². The maximum atomic E-state index is 5.71. The minimum Gasteiger partial charge on any atom is -0.376 e. The van der Waals surface area contributed by atoms with Crippen molar-refractivity contribution in [2.24, 2.45) is 0 Å². The third kappa shape index (κ3) is 4.57. The predicted molar refractivity (Wildman–Crippen MR) is 105 cm³/mol. The molecule has 1 atom stereocenters. The fourth-order valence-corrected chi connectivity index (χ4v) is 3.23. The Bertz CT molecular complexity index is 850. The van der Waals surface area contributed by atoms with Gasteiger partial charge in [0.15, 0.2) is 0 Å². The molecule has 3 aromatic rings. The first-order chi connectivity index (χ1) is 13.4. The molecule has 1 aromatic carbocycles. The maximum Gasteiger partial charge on any atom is 0.0933 e. The number of benzene rings is 1. The molecule has 5 heteroatoms. The fraction of sp³-hybridized carbons (Fsp3) is 0.273. The summed E-state index contributed by atoms with van der Waals surface area (Å²) >= 11 is 0. The van der Waals surface area contributed by atoms with E-state index < -0.39 is 0 Å². The van der Waals surface area contributed by atoms with Crippen LogP contribution in [0, 0.1) is 0 Å². The SMILES string of the molecule is c1ccc(-c2cnc(-c3ccncc3)c(CNC[C@@H]3COCCO3)c2)cc1. The molecule has 1 aliphatic heterocycles. The van der Waals surface area contributed by atoms with Crippen molar-refractivity contribution in [1.82, 2.24) is 15.3 Å². The molecular weight excluding hydrogens is 338 g/mol. The zero-order valence-corrected chi connectivity index (χ0v) is 15.2. The molecule has 2 aromatic heterocycles. The van der Waals surface area contributed by atoms with Gasteiger partial charge in [0, 0.05) is 42.8 Å². The lowest BCUT2D eigenvalue weighted by Gasteiger charge is -2.23. The highest BCUT2D eigenvalue weighted by atomic mass is 16.6. The van der Waals surface area contributed by atoms with E-state index in [-0.39, 0.29) is 6.10 Å². The van der Waals surface area contributed by atoms with Gasteiger partial charge in [-0.25, -0.2) is 0 Å². The highest BCUT2D eigenvalue weighted by molar-refractivity contribution is 5.69. The number of ether oxygens (including phenoxy) is 2. The molecule has 138 valence electrons. The van der Waals surface area contributed by atoms with E-state index in [1.54, 1.807) is 12.4 Å². The molecule has 0 saturated carbocycles. The monoisotopic (exact) mass is 361 g/mol.